The third kappa shape index (κ3) is 2.06. The van der Waals surface area contributed by atoms with Crippen LogP contribution in [-0.2, 0) is 17.4 Å². The van der Waals surface area contributed by atoms with Crippen molar-refractivity contribution in [3.8, 4) is 0 Å². The fourth-order valence-electron chi connectivity index (χ4n) is 0.838. The van der Waals surface area contributed by atoms with E-state index in [0.717, 1.165) is 5.56 Å². The summed E-state index contributed by atoms with van der Waals surface area (Å²) in [5, 5.41) is 2.93. The summed E-state index contributed by atoms with van der Waals surface area (Å²) in [7, 11) is -0.683. The molecule has 0 atom stereocenters. The molecule has 1 rings (SSSR count). The lowest BCUT2D eigenvalue weighted by Crippen LogP contribution is -2.03. The number of rotatable bonds is 3. The Morgan fingerprint density at radius 3 is 2.82 bits per heavy atom. The minimum Gasteiger partial charge on any atom is -0.316 e. The van der Waals surface area contributed by atoms with Gasteiger partial charge in [0.1, 0.15) is 0 Å². The van der Waals surface area contributed by atoms with Crippen LogP contribution >= 0.6 is 0 Å². The van der Waals surface area contributed by atoms with E-state index in [1.54, 1.807) is 12.3 Å². The molecule has 1 aromatic heterocycles. The molecule has 1 N–H and O–H groups in total. The highest BCUT2D eigenvalue weighted by molar-refractivity contribution is 7.70. The van der Waals surface area contributed by atoms with Gasteiger partial charge in [0.25, 0.3) is 0 Å². The van der Waals surface area contributed by atoms with Crippen molar-refractivity contribution in [1.29, 1.82) is 0 Å². The molecule has 0 aliphatic heterocycles. The van der Waals surface area contributed by atoms with Crippen molar-refractivity contribution in [3.63, 3.8) is 0 Å². The van der Waals surface area contributed by atoms with Crippen LogP contribution < -0.4 is 5.32 Å². The monoisotopic (exact) mass is 174 g/mol. The van der Waals surface area contributed by atoms with E-state index in [2.05, 4.69) is 5.32 Å². The largest absolute Gasteiger partial charge is 0.316 e. The van der Waals surface area contributed by atoms with Crippen LogP contribution in [0.4, 0.5) is 0 Å². The van der Waals surface area contributed by atoms with Crippen LogP contribution in [0.1, 0.15) is 5.56 Å². The Labute approximate surface area is 66.9 Å². The highest BCUT2D eigenvalue weighted by atomic mass is 32.2. The van der Waals surface area contributed by atoms with Gasteiger partial charge in [0.2, 0.25) is 10.9 Å². The summed E-state index contributed by atoms with van der Waals surface area (Å²) in [6.07, 6.45) is 3.11. The molecular weight excluding hydrogens is 164 g/mol. The van der Waals surface area contributed by atoms with Gasteiger partial charge in [-0.25, -0.2) is 8.42 Å². The molecule has 0 aliphatic carbocycles. The van der Waals surface area contributed by atoms with Crippen LogP contribution in [0.5, 0.6) is 0 Å². The van der Waals surface area contributed by atoms with Crippen molar-refractivity contribution in [2.75, 3.05) is 7.05 Å². The fourth-order valence-corrected chi connectivity index (χ4v) is 1.26. The zero-order valence-electron chi connectivity index (χ0n) is 6.15. The highest BCUT2D eigenvalue weighted by Crippen LogP contribution is 1.99. The summed E-state index contributed by atoms with van der Waals surface area (Å²) in [5.41, 5.74) is 0.965. The van der Waals surface area contributed by atoms with Crippen molar-refractivity contribution in [1.82, 2.24) is 9.29 Å². The first-order valence-electron chi connectivity index (χ1n) is 3.20. The number of hydrogen-bond donors (Lipinski definition) is 2. The van der Waals surface area contributed by atoms with Gasteiger partial charge in [0.15, 0.2) is 0 Å². The summed E-state index contributed by atoms with van der Waals surface area (Å²) in [5.74, 6) is 0. The van der Waals surface area contributed by atoms with Gasteiger partial charge in [-0.3, -0.25) is 3.97 Å². The van der Waals surface area contributed by atoms with Gasteiger partial charge in [-0.1, -0.05) is 0 Å². The quantitative estimate of drug-likeness (QED) is 0.612. The lowest BCUT2D eigenvalue weighted by molar-refractivity contribution is 0.607. The van der Waals surface area contributed by atoms with Crippen LogP contribution in [0.3, 0.4) is 0 Å². The number of nitrogens with one attached hydrogen (secondary N) is 1. The molecule has 0 saturated carbocycles. The van der Waals surface area contributed by atoms with Crippen molar-refractivity contribution in [2.24, 2.45) is 0 Å². The zero-order chi connectivity index (χ0) is 8.27. The topological polar surface area (TPSA) is 51.1 Å². The van der Waals surface area contributed by atoms with Gasteiger partial charge in [-0.15, -0.1) is 0 Å². The molecule has 1 aromatic rings. The molecule has 0 aromatic carbocycles. The van der Waals surface area contributed by atoms with Crippen LogP contribution in [0.15, 0.2) is 18.5 Å². The second-order valence-electron chi connectivity index (χ2n) is 2.17. The van der Waals surface area contributed by atoms with Crippen LogP contribution in [0.25, 0.3) is 0 Å². The smallest absolute Gasteiger partial charge is 0.228 e. The van der Waals surface area contributed by atoms with E-state index in [1.165, 1.54) is 10.2 Å². The van der Waals surface area contributed by atoms with Crippen molar-refractivity contribution < 1.29 is 8.42 Å². The lowest BCUT2D eigenvalue weighted by Gasteiger charge is -1.91. The molecule has 0 saturated heterocycles. The first-order chi connectivity index (χ1) is 5.24. The average Bonchev–Trinajstić information content (AvgIpc) is 2.37. The Morgan fingerprint density at radius 1 is 1.64 bits per heavy atom. The number of aromatic nitrogens is 1. The van der Waals surface area contributed by atoms with Crippen LogP contribution in [-0.4, -0.2) is 19.4 Å². The molecule has 0 aliphatic rings. The second-order valence-corrected chi connectivity index (χ2v) is 3.11. The molecule has 0 radical (unpaired) electrons. The van der Waals surface area contributed by atoms with E-state index in [1.807, 2.05) is 7.05 Å². The van der Waals surface area contributed by atoms with E-state index >= 15 is 0 Å². The van der Waals surface area contributed by atoms with Crippen LogP contribution in [0.2, 0.25) is 0 Å². The highest BCUT2D eigenvalue weighted by Gasteiger charge is 1.94. The molecule has 1 heterocycles. The summed E-state index contributed by atoms with van der Waals surface area (Å²) in [4.78, 5) is 0. The maximum atomic E-state index is 10.4. The summed E-state index contributed by atoms with van der Waals surface area (Å²) in [6, 6.07) is 1.77. The van der Waals surface area contributed by atoms with Crippen molar-refractivity contribution >= 4 is 10.9 Å². The fraction of sp³-hybridized carbons (Fsp3) is 0.333. The van der Waals surface area contributed by atoms with Gasteiger partial charge in [0, 0.05) is 18.9 Å². The molecule has 4 nitrogen and oxygen atoms in total. The molecule has 5 heteroatoms. The Morgan fingerprint density at radius 2 is 2.36 bits per heavy atom. The van der Waals surface area contributed by atoms with Gasteiger partial charge >= 0.3 is 0 Å². The van der Waals surface area contributed by atoms with Crippen molar-refractivity contribution in [3.05, 3.63) is 24.0 Å². The third-order valence-electron chi connectivity index (χ3n) is 1.31. The number of nitrogens with zero attached hydrogens (tertiary/aromatic N) is 1. The van der Waals surface area contributed by atoms with Crippen molar-refractivity contribution in [2.45, 2.75) is 6.54 Å². The van der Waals surface area contributed by atoms with Gasteiger partial charge in [-0.2, -0.15) is 0 Å². The molecule has 11 heavy (non-hydrogen) atoms. The van der Waals surface area contributed by atoms with Gasteiger partial charge in [0.05, 0.1) is 0 Å². The molecule has 0 unspecified atom stereocenters. The SMILES string of the molecule is CNCc1ccn([SH](=O)=O)c1. The lowest BCUT2D eigenvalue weighted by atomic mass is 10.3. The van der Waals surface area contributed by atoms with Crippen LogP contribution in [0, 0.1) is 0 Å². The minimum atomic E-state index is -2.50. The molecule has 0 amide bonds. The number of thiol groups is 1. The summed E-state index contributed by atoms with van der Waals surface area (Å²) in [6.45, 7) is 0.691. The van der Waals surface area contributed by atoms with E-state index in [0.29, 0.717) is 6.54 Å². The second kappa shape index (κ2) is 3.54. The van der Waals surface area contributed by atoms with Gasteiger partial charge in [-0.05, 0) is 18.7 Å². The first kappa shape index (κ1) is 8.29. The summed E-state index contributed by atoms with van der Waals surface area (Å²) < 4.78 is 22.0. The van der Waals surface area contributed by atoms with E-state index in [-0.39, 0.29) is 0 Å². The predicted molar refractivity (Wildman–Crippen MR) is 42.9 cm³/mol. The van der Waals surface area contributed by atoms with E-state index < -0.39 is 10.9 Å². The van der Waals surface area contributed by atoms with Gasteiger partial charge < -0.3 is 5.32 Å². The molecule has 0 bridgehead atoms. The molecular formula is C6H10N2O2S. The zero-order valence-corrected chi connectivity index (χ0v) is 7.04. The Balaban J connectivity index is 2.81. The summed E-state index contributed by atoms with van der Waals surface area (Å²) >= 11 is 0. The third-order valence-corrected chi connectivity index (χ3v) is 1.93. The normalized spacial score (nSPS) is 10.7. The Bertz CT molecular complexity index is 295. The van der Waals surface area contributed by atoms with E-state index in [4.69, 9.17) is 0 Å². The standard InChI is InChI=1S/C6H10N2O2S/c1-7-4-6-2-3-8(5-6)11(9)10/h2-3,5,7,11H,4H2,1H3. The first-order valence-corrected chi connectivity index (χ1v) is 4.33. The maximum absolute atomic E-state index is 10.4. The number of hydrogen-bond acceptors (Lipinski definition) is 3. The predicted octanol–water partition coefficient (Wildman–Crippen LogP) is -0.418. The molecule has 62 valence electrons. The minimum absolute atomic E-state index is 0.691. The van der Waals surface area contributed by atoms with E-state index in [9.17, 15) is 8.42 Å². The average molecular weight is 174 g/mol. The Hall–Kier alpha value is -0.810. The molecule has 0 fully saturated rings. The molecule has 0 spiro atoms. The Kier molecular flexibility index (Phi) is 2.67. The maximum Gasteiger partial charge on any atom is 0.228 e.